The first-order valence-corrected chi connectivity index (χ1v) is 10.1. The summed E-state index contributed by atoms with van der Waals surface area (Å²) in [6.07, 6.45) is 15.2. The van der Waals surface area contributed by atoms with Crippen molar-refractivity contribution in [1.29, 1.82) is 0 Å². The standard InChI is InChI=1S/C20H33NO2/c22-19(13-14-21-20(23)16-8-2-1-3-9-16)18-12-6-10-15-7-4-5-11-17(15)18/h15-18H,1-14H2,(H,21,23). The van der Waals surface area contributed by atoms with Crippen LogP contribution in [0.1, 0.15) is 83.5 Å². The lowest BCUT2D eigenvalue weighted by molar-refractivity contribution is -0.128. The van der Waals surface area contributed by atoms with Crippen LogP contribution in [0.3, 0.4) is 0 Å². The van der Waals surface area contributed by atoms with Crippen LogP contribution in [0.2, 0.25) is 0 Å². The molecule has 0 saturated heterocycles. The van der Waals surface area contributed by atoms with E-state index >= 15 is 0 Å². The van der Waals surface area contributed by atoms with Crippen molar-refractivity contribution < 1.29 is 9.59 Å². The number of fused-ring (bicyclic) bond motifs is 1. The lowest BCUT2D eigenvalue weighted by Crippen LogP contribution is -2.38. The highest BCUT2D eigenvalue weighted by molar-refractivity contribution is 5.83. The molecule has 3 nitrogen and oxygen atoms in total. The first-order valence-electron chi connectivity index (χ1n) is 10.1. The molecule has 0 heterocycles. The van der Waals surface area contributed by atoms with Crippen molar-refractivity contribution in [2.75, 3.05) is 6.54 Å². The Bertz CT molecular complexity index is 412. The van der Waals surface area contributed by atoms with Gasteiger partial charge in [-0.3, -0.25) is 9.59 Å². The fourth-order valence-electron chi connectivity index (χ4n) is 5.34. The minimum absolute atomic E-state index is 0.191. The van der Waals surface area contributed by atoms with Crippen LogP contribution >= 0.6 is 0 Å². The Labute approximate surface area is 141 Å². The number of Topliss-reactive ketones (excluding diaryl/α,β-unsaturated/α-hetero) is 1. The van der Waals surface area contributed by atoms with Crippen molar-refractivity contribution in [3.05, 3.63) is 0 Å². The fourth-order valence-corrected chi connectivity index (χ4v) is 5.34. The maximum Gasteiger partial charge on any atom is 0.223 e. The molecule has 0 radical (unpaired) electrons. The molecule has 0 aromatic rings. The van der Waals surface area contributed by atoms with E-state index in [-0.39, 0.29) is 11.8 Å². The van der Waals surface area contributed by atoms with Crippen molar-refractivity contribution in [3.63, 3.8) is 0 Å². The molecule has 1 N–H and O–H groups in total. The Balaban J connectivity index is 1.42. The van der Waals surface area contributed by atoms with E-state index < -0.39 is 0 Å². The second kappa shape index (κ2) is 8.30. The van der Waals surface area contributed by atoms with Crippen LogP contribution in [0, 0.1) is 23.7 Å². The number of rotatable bonds is 5. The second-order valence-electron chi connectivity index (χ2n) is 8.09. The minimum atomic E-state index is 0.191. The van der Waals surface area contributed by atoms with E-state index in [1.807, 2.05) is 0 Å². The Morgan fingerprint density at radius 3 is 2.30 bits per heavy atom. The highest BCUT2D eigenvalue weighted by Gasteiger charge is 2.37. The van der Waals surface area contributed by atoms with Crippen molar-refractivity contribution >= 4 is 11.7 Å². The Morgan fingerprint density at radius 2 is 1.48 bits per heavy atom. The van der Waals surface area contributed by atoms with Crippen molar-refractivity contribution in [1.82, 2.24) is 5.32 Å². The molecule has 3 unspecified atom stereocenters. The summed E-state index contributed by atoms with van der Waals surface area (Å²) < 4.78 is 0. The molecule has 1 amide bonds. The van der Waals surface area contributed by atoms with E-state index in [0.29, 0.717) is 30.6 Å². The maximum atomic E-state index is 12.7. The van der Waals surface area contributed by atoms with Crippen LogP contribution in [0.25, 0.3) is 0 Å². The zero-order valence-electron chi connectivity index (χ0n) is 14.5. The third-order valence-electron chi connectivity index (χ3n) is 6.63. The number of hydrogen-bond donors (Lipinski definition) is 1. The summed E-state index contributed by atoms with van der Waals surface area (Å²) in [4.78, 5) is 24.8. The van der Waals surface area contributed by atoms with Gasteiger partial charge in [-0.2, -0.15) is 0 Å². The summed E-state index contributed by atoms with van der Waals surface area (Å²) in [7, 11) is 0. The number of hydrogen-bond acceptors (Lipinski definition) is 2. The van der Waals surface area contributed by atoms with Crippen LogP contribution in [0.15, 0.2) is 0 Å². The lowest BCUT2D eigenvalue weighted by atomic mass is 9.64. The molecule has 0 aromatic carbocycles. The monoisotopic (exact) mass is 319 g/mol. The second-order valence-corrected chi connectivity index (χ2v) is 8.09. The summed E-state index contributed by atoms with van der Waals surface area (Å²) in [5.41, 5.74) is 0. The SMILES string of the molecule is O=C(NCCC(=O)C1CCCC2CCCCC21)C1CCCCC1. The van der Waals surface area contributed by atoms with Crippen LogP contribution in [0.4, 0.5) is 0 Å². The van der Waals surface area contributed by atoms with Crippen LogP contribution < -0.4 is 5.32 Å². The van der Waals surface area contributed by atoms with Crippen LogP contribution in [-0.4, -0.2) is 18.2 Å². The van der Waals surface area contributed by atoms with Crippen LogP contribution in [0.5, 0.6) is 0 Å². The van der Waals surface area contributed by atoms with Crippen molar-refractivity contribution in [3.8, 4) is 0 Å². The number of carbonyl (C=O) groups excluding carboxylic acids is 2. The van der Waals surface area contributed by atoms with Gasteiger partial charge < -0.3 is 5.32 Å². The van der Waals surface area contributed by atoms with E-state index in [2.05, 4.69) is 5.32 Å². The molecule has 3 heteroatoms. The van der Waals surface area contributed by atoms with Crippen LogP contribution in [-0.2, 0) is 9.59 Å². The first kappa shape index (κ1) is 17.0. The largest absolute Gasteiger partial charge is 0.355 e. The third kappa shape index (κ3) is 4.36. The normalized spacial score (nSPS) is 32.1. The quantitative estimate of drug-likeness (QED) is 0.823. The summed E-state index contributed by atoms with van der Waals surface area (Å²) in [5.74, 6) is 2.57. The average molecular weight is 319 g/mol. The smallest absolute Gasteiger partial charge is 0.223 e. The van der Waals surface area contributed by atoms with Gasteiger partial charge in [-0.1, -0.05) is 51.4 Å². The number of amides is 1. The predicted molar refractivity (Wildman–Crippen MR) is 92.0 cm³/mol. The molecule has 3 fully saturated rings. The highest BCUT2D eigenvalue weighted by Crippen LogP contribution is 2.44. The van der Waals surface area contributed by atoms with Gasteiger partial charge >= 0.3 is 0 Å². The predicted octanol–water partition coefficient (Wildman–Crippen LogP) is 4.25. The van der Waals surface area contributed by atoms with E-state index in [0.717, 1.165) is 25.2 Å². The molecule has 3 aliphatic carbocycles. The molecule has 23 heavy (non-hydrogen) atoms. The van der Waals surface area contributed by atoms with Gasteiger partial charge in [0.15, 0.2) is 0 Å². The molecule has 3 rings (SSSR count). The fraction of sp³-hybridized carbons (Fsp3) is 0.900. The zero-order valence-corrected chi connectivity index (χ0v) is 14.5. The maximum absolute atomic E-state index is 12.7. The first-order chi connectivity index (χ1) is 11.3. The molecule has 3 saturated carbocycles. The zero-order chi connectivity index (χ0) is 16.1. The van der Waals surface area contributed by atoms with Crippen molar-refractivity contribution in [2.24, 2.45) is 23.7 Å². The van der Waals surface area contributed by atoms with Gasteiger partial charge in [-0.25, -0.2) is 0 Å². The molecule has 3 atom stereocenters. The van der Waals surface area contributed by atoms with E-state index in [4.69, 9.17) is 0 Å². The van der Waals surface area contributed by atoms with Gasteiger partial charge in [0.25, 0.3) is 0 Å². The summed E-state index contributed by atoms with van der Waals surface area (Å²) in [6.45, 7) is 0.558. The minimum Gasteiger partial charge on any atom is -0.355 e. The topological polar surface area (TPSA) is 46.2 Å². The van der Waals surface area contributed by atoms with E-state index in [1.165, 1.54) is 57.8 Å². The summed E-state index contributed by atoms with van der Waals surface area (Å²) in [5, 5.41) is 3.03. The van der Waals surface area contributed by atoms with Gasteiger partial charge in [0.05, 0.1) is 0 Å². The molecule has 0 aliphatic heterocycles. The van der Waals surface area contributed by atoms with Gasteiger partial charge in [0, 0.05) is 24.8 Å². The molecule has 3 aliphatic rings. The highest BCUT2D eigenvalue weighted by atomic mass is 16.2. The Morgan fingerprint density at radius 1 is 0.783 bits per heavy atom. The number of ketones is 1. The lowest BCUT2D eigenvalue weighted by Gasteiger charge is -2.40. The number of nitrogens with one attached hydrogen (secondary N) is 1. The van der Waals surface area contributed by atoms with Gasteiger partial charge in [0.2, 0.25) is 5.91 Å². The van der Waals surface area contributed by atoms with E-state index in [1.54, 1.807) is 0 Å². The molecule has 0 spiro atoms. The summed E-state index contributed by atoms with van der Waals surface area (Å²) >= 11 is 0. The Kier molecular flexibility index (Phi) is 6.13. The average Bonchev–Trinajstić information content (AvgIpc) is 2.61. The molecular formula is C20H33NO2. The Hall–Kier alpha value is -0.860. The van der Waals surface area contributed by atoms with Gasteiger partial charge in [-0.15, -0.1) is 0 Å². The van der Waals surface area contributed by atoms with Crippen molar-refractivity contribution in [2.45, 2.75) is 83.5 Å². The molecule has 130 valence electrons. The van der Waals surface area contributed by atoms with E-state index in [9.17, 15) is 9.59 Å². The summed E-state index contributed by atoms with van der Waals surface area (Å²) in [6, 6.07) is 0. The molecule has 0 bridgehead atoms. The van der Waals surface area contributed by atoms with Gasteiger partial charge in [0.1, 0.15) is 5.78 Å². The molecular weight excluding hydrogens is 286 g/mol. The van der Waals surface area contributed by atoms with Gasteiger partial charge in [-0.05, 0) is 37.5 Å². The third-order valence-corrected chi connectivity index (χ3v) is 6.63. The number of carbonyl (C=O) groups is 2. The molecule has 0 aromatic heterocycles.